The van der Waals surface area contributed by atoms with E-state index < -0.39 is 18.5 Å². The zero-order valence-electron chi connectivity index (χ0n) is 12.8. The summed E-state index contributed by atoms with van der Waals surface area (Å²) in [5.41, 5.74) is 1.17. The van der Waals surface area contributed by atoms with Gasteiger partial charge in [0.1, 0.15) is 17.9 Å². The van der Waals surface area contributed by atoms with Gasteiger partial charge in [0.25, 0.3) is 5.91 Å². The van der Waals surface area contributed by atoms with Gasteiger partial charge in [0, 0.05) is 5.69 Å². The Labute approximate surface area is 133 Å². The molecule has 0 saturated carbocycles. The van der Waals surface area contributed by atoms with Crippen LogP contribution in [0.3, 0.4) is 0 Å². The van der Waals surface area contributed by atoms with Crippen LogP contribution in [0.5, 0.6) is 0 Å². The summed E-state index contributed by atoms with van der Waals surface area (Å²) in [5.74, 6) is -0.839. The van der Waals surface area contributed by atoms with Crippen LogP contribution in [0, 0.1) is 25.2 Å². The fraction of sp³-hybridized carbons (Fsp3) is 0.250. The summed E-state index contributed by atoms with van der Waals surface area (Å²) >= 11 is 0. The molecule has 0 aliphatic carbocycles. The molecule has 0 unspecified atom stereocenters. The molecule has 0 fully saturated rings. The number of carbonyl (C=O) groups is 2. The van der Waals surface area contributed by atoms with Gasteiger partial charge in [-0.2, -0.15) is 5.26 Å². The largest absolute Gasteiger partial charge is 0.452 e. The predicted octanol–water partition coefficient (Wildman–Crippen LogP) is 2.01. The number of esters is 1. The molecule has 2 rings (SSSR count). The number of anilines is 1. The van der Waals surface area contributed by atoms with Crippen molar-refractivity contribution in [2.24, 2.45) is 0 Å². The van der Waals surface area contributed by atoms with Gasteiger partial charge in [-0.3, -0.25) is 9.69 Å². The molecule has 1 heterocycles. The van der Waals surface area contributed by atoms with E-state index in [-0.39, 0.29) is 12.1 Å². The molecule has 0 saturated heterocycles. The zero-order chi connectivity index (χ0) is 16.8. The Kier molecular flexibility index (Phi) is 5.10. The third-order valence-electron chi connectivity index (χ3n) is 3.16. The second-order valence-electron chi connectivity index (χ2n) is 4.75. The number of amides is 1. The molecule has 0 spiro atoms. The average molecular weight is 313 g/mol. The molecule has 0 aliphatic rings. The first-order valence-corrected chi connectivity index (χ1v) is 6.87. The van der Waals surface area contributed by atoms with Crippen molar-refractivity contribution in [2.75, 3.05) is 18.1 Å². The van der Waals surface area contributed by atoms with Crippen LogP contribution in [0.15, 0.2) is 34.9 Å². The van der Waals surface area contributed by atoms with Crippen LogP contribution in [0.4, 0.5) is 5.69 Å². The number of nitriles is 1. The predicted molar refractivity (Wildman–Crippen MR) is 80.7 cm³/mol. The topological polar surface area (TPSA) is 96.4 Å². The zero-order valence-corrected chi connectivity index (χ0v) is 12.8. The molecule has 2 aromatic rings. The normalized spacial score (nSPS) is 9.96. The van der Waals surface area contributed by atoms with Crippen LogP contribution in [0.25, 0.3) is 0 Å². The van der Waals surface area contributed by atoms with Crippen molar-refractivity contribution < 1.29 is 18.8 Å². The molecule has 0 radical (unpaired) electrons. The van der Waals surface area contributed by atoms with Gasteiger partial charge in [-0.25, -0.2) is 4.79 Å². The van der Waals surface area contributed by atoms with Gasteiger partial charge in [0.2, 0.25) is 0 Å². The summed E-state index contributed by atoms with van der Waals surface area (Å²) in [6.07, 6.45) is 0. The molecular weight excluding hydrogens is 298 g/mol. The van der Waals surface area contributed by atoms with Crippen molar-refractivity contribution in [3.63, 3.8) is 0 Å². The Bertz CT molecular complexity index is 727. The van der Waals surface area contributed by atoms with Crippen LogP contribution in [0.2, 0.25) is 0 Å². The lowest BCUT2D eigenvalue weighted by atomic mass is 10.2. The van der Waals surface area contributed by atoms with Crippen molar-refractivity contribution in [3.8, 4) is 6.07 Å². The van der Waals surface area contributed by atoms with Crippen LogP contribution in [0.1, 0.15) is 21.8 Å². The molecule has 1 aromatic heterocycles. The molecule has 0 aliphatic heterocycles. The minimum Gasteiger partial charge on any atom is -0.452 e. The van der Waals surface area contributed by atoms with E-state index in [1.165, 1.54) is 4.90 Å². The Hall–Kier alpha value is -3.14. The molecule has 7 heteroatoms. The van der Waals surface area contributed by atoms with Crippen molar-refractivity contribution >= 4 is 17.6 Å². The lowest BCUT2D eigenvalue weighted by Crippen LogP contribution is -2.35. The Morgan fingerprint density at radius 1 is 1.30 bits per heavy atom. The van der Waals surface area contributed by atoms with Gasteiger partial charge in [-0.15, -0.1) is 0 Å². The first kappa shape index (κ1) is 16.2. The van der Waals surface area contributed by atoms with Crippen molar-refractivity contribution in [1.29, 1.82) is 5.26 Å². The van der Waals surface area contributed by atoms with Gasteiger partial charge in [-0.1, -0.05) is 23.4 Å². The number of hydrogen-bond acceptors (Lipinski definition) is 6. The van der Waals surface area contributed by atoms with Gasteiger partial charge in [0.05, 0.1) is 11.8 Å². The molecule has 1 aromatic carbocycles. The lowest BCUT2D eigenvalue weighted by molar-refractivity contribution is -0.121. The molecule has 23 heavy (non-hydrogen) atoms. The number of nitrogens with zero attached hydrogens (tertiary/aromatic N) is 3. The monoisotopic (exact) mass is 313 g/mol. The summed E-state index contributed by atoms with van der Waals surface area (Å²) in [5, 5.41) is 12.5. The highest BCUT2D eigenvalue weighted by Gasteiger charge is 2.22. The number of aryl methyl sites for hydroxylation is 2. The second-order valence-corrected chi connectivity index (χ2v) is 4.75. The number of rotatable bonds is 5. The number of para-hydroxylation sites is 1. The molecule has 1 amide bonds. The van der Waals surface area contributed by atoms with E-state index in [2.05, 4.69) is 5.16 Å². The maximum Gasteiger partial charge on any atom is 0.344 e. The number of ether oxygens (including phenoxy) is 1. The molecule has 7 nitrogen and oxygen atoms in total. The molecule has 0 atom stereocenters. The van der Waals surface area contributed by atoms with Gasteiger partial charge >= 0.3 is 5.97 Å². The fourth-order valence-corrected chi connectivity index (χ4v) is 2.05. The smallest absolute Gasteiger partial charge is 0.344 e. The highest BCUT2D eigenvalue weighted by Crippen LogP contribution is 2.15. The number of carbonyl (C=O) groups excluding carboxylic acids is 2. The standard InChI is InChI=1S/C16H15N3O4/c1-11-15(12(2)23-18-11)16(21)22-10-14(20)19(9-8-17)13-6-4-3-5-7-13/h3-7H,9-10H2,1-2H3. The summed E-state index contributed by atoms with van der Waals surface area (Å²) in [6, 6.07) is 10.6. The van der Waals surface area contributed by atoms with E-state index >= 15 is 0 Å². The number of hydrogen-bond donors (Lipinski definition) is 0. The second kappa shape index (κ2) is 7.22. The molecular formula is C16H15N3O4. The molecule has 0 N–H and O–H groups in total. The summed E-state index contributed by atoms with van der Waals surface area (Å²) in [7, 11) is 0. The highest BCUT2D eigenvalue weighted by molar-refractivity contribution is 5.97. The summed E-state index contributed by atoms with van der Waals surface area (Å²) in [6.45, 7) is 2.59. The SMILES string of the molecule is Cc1noc(C)c1C(=O)OCC(=O)N(CC#N)c1ccccc1. The van der Waals surface area contributed by atoms with Crippen molar-refractivity contribution in [1.82, 2.24) is 5.16 Å². The maximum atomic E-state index is 12.2. The Morgan fingerprint density at radius 3 is 2.57 bits per heavy atom. The van der Waals surface area contributed by atoms with E-state index in [4.69, 9.17) is 14.5 Å². The fourth-order valence-electron chi connectivity index (χ4n) is 2.05. The van der Waals surface area contributed by atoms with Crippen LogP contribution >= 0.6 is 0 Å². The van der Waals surface area contributed by atoms with Crippen LogP contribution in [-0.2, 0) is 9.53 Å². The third kappa shape index (κ3) is 3.74. The quantitative estimate of drug-likeness (QED) is 0.618. The summed E-state index contributed by atoms with van der Waals surface area (Å²) in [4.78, 5) is 25.5. The van der Waals surface area contributed by atoms with Crippen molar-refractivity contribution in [3.05, 3.63) is 47.3 Å². The van der Waals surface area contributed by atoms with E-state index in [0.717, 1.165) is 0 Å². The molecule has 0 bridgehead atoms. The van der Waals surface area contributed by atoms with Gasteiger partial charge in [-0.05, 0) is 26.0 Å². The third-order valence-corrected chi connectivity index (χ3v) is 3.16. The van der Waals surface area contributed by atoms with Gasteiger partial charge in [0.15, 0.2) is 6.61 Å². The lowest BCUT2D eigenvalue weighted by Gasteiger charge is -2.19. The number of aromatic nitrogens is 1. The minimum absolute atomic E-state index is 0.133. The first-order valence-electron chi connectivity index (χ1n) is 6.87. The molecule has 118 valence electrons. The van der Waals surface area contributed by atoms with Crippen LogP contribution < -0.4 is 4.90 Å². The van der Waals surface area contributed by atoms with E-state index in [1.807, 2.05) is 6.07 Å². The minimum atomic E-state index is -0.681. The van der Waals surface area contributed by atoms with Crippen LogP contribution in [-0.4, -0.2) is 30.2 Å². The Morgan fingerprint density at radius 2 is 2.00 bits per heavy atom. The average Bonchev–Trinajstić information content (AvgIpc) is 2.89. The summed E-state index contributed by atoms with van der Waals surface area (Å²) < 4.78 is 9.91. The van der Waals surface area contributed by atoms with E-state index in [1.54, 1.807) is 44.2 Å². The van der Waals surface area contributed by atoms with Crippen molar-refractivity contribution in [2.45, 2.75) is 13.8 Å². The highest BCUT2D eigenvalue weighted by atomic mass is 16.5. The van der Waals surface area contributed by atoms with E-state index in [0.29, 0.717) is 17.1 Å². The Balaban J connectivity index is 2.05. The van der Waals surface area contributed by atoms with Gasteiger partial charge < -0.3 is 9.26 Å². The first-order chi connectivity index (χ1) is 11.0. The maximum absolute atomic E-state index is 12.2. The number of benzene rings is 1. The van der Waals surface area contributed by atoms with E-state index in [9.17, 15) is 9.59 Å².